The van der Waals surface area contributed by atoms with Gasteiger partial charge in [-0.2, -0.15) is 10.4 Å². The van der Waals surface area contributed by atoms with Crippen molar-refractivity contribution in [1.29, 1.82) is 5.26 Å². The van der Waals surface area contributed by atoms with Crippen LogP contribution in [0.4, 0.5) is 11.4 Å². The summed E-state index contributed by atoms with van der Waals surface area (Å²) in [6, 6.07) is 15.9. The molecule has 1 aromatic heterocycles. The fourth-order valence-corrected chi connectivity index (χ4v) is 3.91. The van der Waals surface area contributed by atoms with Crippen LogP contribution in [0.25, 0.3) is 11.3 Å². The quantitative estimate of drug-likeness (QED) is 0.469. The number of hydrogen-bond acceptors (Lipinski definition) is 5. The van der Waals surface area contributed by atoms with Gasteiger partial charge in [-0.05, 0) is 57.0 Å². The molecular formula is C24H24N4O2. The minimum absolute atomic E-state index is 0.541. The van der Waals surface area contributed by atoms with Gasteiger partial charge in [0.25, 0.3) is 0 Å². The van der Waals surface area contributed by atoms with Gasteiger partial charge in [0.05, 0.1) is 24.6 Å². The van der Waals surface area contributed by atoms with Crippen molar-refractivity contribution in [3.63, 3.8) is 0 Å². The first-order valence-electron chi connectivity index (χ1n) is 10.2. The van der Waals surface area contributed by atoms with Gasteiger partial charge >= 0.3 is 0 Å². The number of nitrogens with zero attached hydrogens (tertiary/aromatic N) is 4. The van der Waals surface area contributed by atoms with Crippen LogP contribution in [0, 0.1) is 18.3 Å². The molecule has 0 aliphatic carbocycles. The van der Waals surface area contributed by atoms with Crippen molar-refractivity contribution < 1.29 is 9.47 Å². The molecule has 3 aromatic rings. The summed E-state index contributed by atoms with van der Waals surface area (Å²) in [5.41, 5.74) is 5.88. The predicted molar refractivity (Wildman–Crippen MR) is 116 cm³/mol. The zero-order chi connectivity index (χ0) is 21.1. The van der Waals surface area contributed by atoms with Crippen LogP contribution in [-0.4, -0.2) is 17.8 Å². The van der Waals surface area contributed by atoms with E-state index in [0.29, 0.717) is 30.2 Å². The van der Waals surface area contributed by atoms with E-state index in [0.717, 1.165) is 46.9 Å². The fraction of sp³-hybridized carbons (Fsp3) is 0.292. The van der Waals surface area contributed by atoms with Gasteiger partial charge in [0, 0.05) is 17.8 Å². The van der Waals surface area contributed by atoms with Crippen LogP contribution in [0.3, 0.4) is 0 Å². The van der Waals surface area contributed by atoms with E-state index in [1.807, 2.05) is 63.2 Å². The third kappa shape index (κ3) is 3.43. The summed E-state index contributed by atoms with van der Waals surface area (Å²) in [6.07, 6.45) is 0.852. The van der Waals surface area contributed by atoms with Crippen molar-refractivity contribution in [2.45, 2.75) is 33.7 Å². The van der Waals surface area contributed by atoms with E-state index in [1.165, 1.54) is 0 Å². The molecule has 2 aromatic carbocycles. The average molecular weight is 400 g/mol. The number of rotatable bonds is 6. The van der Waals surface area contributed by atoms with Gasteiger partial charge in [-0.25, -0.2) is 0 Å². The summed E-state index contributed by atoms with van der Waals surface area (Å²) in [4.78, 5) is 0. The summed E-state index contributed by atoms with van der Waals surface area (Å²) in [5, 5.41) is 18.8. The number of aryl methyl sites for hydroxylation is 1. The number of azo groups is 1. The predicted octanol–water partition coefficient (Wildman–Crippen LogP) is 6.10. The van der Waals surface area contributed by atoms with Gasteiger partial charge in [-0.15, -0.1) is 5.11 Å². The van der Waals surface area contributed by atoms with Crippen molar-refractivity contribution in [3.8, 4) is 28.8 Å². The first kappa shape index (κ1) is 19.7. The van der Waals surface area contributed by atoms with E-state index in [-0.39, 0.29) is 0 Å². The zero-order valence-electron chi connectivity index (χ0n) is 17.5. The lowest BCUT2D eigenvalue weighted by Gasteiger charge is -2.23. The van der Waals surface area contributed by atoms with Gasteiger partial charge in [0.15, 0.2) is 11.5 Å². The van der Waals surface area contributed by atoms with Crippen LogP contribution in [0.15, 0.2) is 52.7 Å². The van der Waals surface area contributed by atoms with Crippen molar-refractivity contribution in [3.05, 3.63) is 59.3 Å². The van der Waals surface area contributed by atoms with Gasteiger partial charge < -0.3 is 14.0 Å². The summed E-state index contributed by atoms with van der Waals surface area (Å²) in [7, 11) is 0. The minimum atomic E-state index is 0.541. The molecule has 0 atom stereocenters. The van der Waals surface area contributed by atoms with E-state index < -0.39 is 0 Å². The lowest BCUT2D eigenvalue weighted by molar-refractivity contribution is 0.287. The number of fused-ring (bicyclic) bond motifs is 3. The van der Waals surface area contributed by atoms with Crippen LogP contribution in [-0.2, 0) is 13.0 Å². The number of ether oxygens (including phenoxy) is 2. The number of aromatic nitrogens is 1. The van der Waals surface area contributed by atoms with E-state index in [4.69, 9.17) is 9.47 Å². The second kappa shape index (κ2) is 8.42. The number of nitriles is 1. The molecule has 0 amide bonds. The van der Waals surface area contributed by atoms with Gasteiger partial charge in [-0.1, -0.05) is 18.2 Å². The van der Waals surface area contributed by atoms with Crippen LogP contribution >= 0.6 is 0 Å². The SMILES string of the molecule is CCOc1cc2c(cc1OCC)-c1c(C#N)c(N=Nc3ccccc3)c(C)n1CC2. The molecule has 6 nitrogen and oxygen atoms in total. The monoisotopic (exact) mass is 400 g/mol. The Labute approximate surface area is 176 Å². The topological polar surface area (TPSA) is 71.9 Å². The molecule has 1 aliphatic rings. The molecule has 1 aliphatic heterocycles. The fourth-order valence-electron chi connectivity index (χ4n) is 3.91. The van der Waals surface area contributed by atoms with E-state index in [9.17, 15) is 5.26 Å². The highest BCUT2D eigenvalue weighted by Gasteiger charge is 2.28. The van der Waals surface area contributed by atoms with Crippen molar-refractivity contribution >= 4 is 11.4 Å². The Morgan fingerprint density at radius 1 is 1.03 bits per heavy atom. The van der Waals surface area contributed by atoms with Crippen LogP contribution in [0.5, 0.6) is 11.5 Å². The molecule has 0 fully saturated rings. The van der Waals surface area contributed by atoms with Crippen LogP contribution in [0.2, 0.25) is 0 Å². The van der Waals surface area contributed by atoms with Gasteiger partial charge in [-0.3, -0.25) is 0 Å². The van der Waals surface area contributed by atoms with Gasteiger partial charge in [0.2, 0.25) is 0 Å². The highest BCUT2D eigenvalue weighted by molar-refractivity contribution is 5.81. The van der Waals surface area contributed by atoms with Crippen molar-refractivity contribution in [2.75, 3.05) is 13.2 Å². The van der Waals surface area contributed by atoms with Crippen LogP contribution in [0.1, 0.15) is 30.7 Å². The molecule has 0 unspecified atom stereocenters. The number of benzene rings is 2. The minimum Gasteiger partial charge on any atom is -0.490 e. The molecule has 0 saturated carbocycles. The molecule has 0 bridgehead atoms. The molecule has 0 spiro atoms. The average Bonchev–Trinajstić information content (AvgIpc) is 3.05. The largest absolute Gasteiger partial charge is 0.490 e. The Balaban J connectivity index is 1.86. The Bertz CT molecular complexity index is 1140. The van der Waals surface area contributed by atoms with Crippen molar-refractivity contribution in [2.24, 2.45) is 10.2 Å². The molecular weight excluding hydrogens is 376 g/mol. The standard InChI is InChI=1S/C24H24N4O2/c1-4-29-21-13-17-11-12-28-16(3)23(27-26-18-9-7-6-8-10-18)20(15-25)24(28)19(17)14-22(21)30-5-2/h6-10,13-14H,4-5,11-12H2,1-3H3. The molecule has 0 N–H and O–H groups in total. The Morgan fingerprint density at radius 3 is 2.40 bits per heavy atom. The Hall–Kier alpha value is -3.59. The summed E-state index contributed by atoms with van der Waals surface area (Å²) < 4.78 is 13.8. The van der Waals surface area contributed by atoms with E-state index >= 15 is 0 Å². The van der Waals surface area contributed by atoms with E-state index in [1.54, 1.807) is 0 Å². The van der Waals surface area contributed by atoms with E-state index in [2.05, 4.69) is 20.9 Å². The first-order valence-corrected chi connectivity index (χ1v) is 10.2. The molecule has 2 heterocycles. The Kier molecular flexibility index (Phi) is 5.53. The molecule has 152 valence electrons. The van der Waals surface area contributed by atoms with Crippen molar-refractivity contribution in [1.82, 2.24) is 4.57 Å². The Morgan fingerprint density at radius 2 is 1.73 bits per heavy atom. The van der Waals surface area contributed by atoms with Crippen LogP contribution < -0.4 is 9.47 Å². The normalized spacial score (nSPS) is 12.3. The lowest BCUT2D eigenvalue weighted by atomic mass is 9.95. The molecule has 0 saturated heterocycles. The maximum atomic E-state index is 10.0. The number of hydrogen-bond donors (Lipinski definition) is 0. The maximum absolute atomic E-state index is 10.0. The third-order valence-electron chi connectivity index (χ3n) is 5.25. The summed E-state index contributed by atoms with van der Waals surface area (Å²) in [6.45, 7) is 7.80. The molecule has 30 heavy (non-hydrogen) atoms. The zero-order valence-corrected chi connectivity index (χ0v) is 17.5. The smallest absolute Gasteiger partial charge is 0.161 e. The summed E-state index contributed by atoms with van der Waals surface area (Å²) >= 11 is 0. The first-order chi connectivity index (χ1) is 14.7. The molecule has 0 radical (unpaired) electrons. The van der Waals surface area contributed by atoms with Gasteiger partial charge in [0.1, 0.15) is 17.3 Å². The second-order valence-electron chi connectivity index (χ2n) is 7.03. The lowest BCUT2D eigenvalue weighted by Crippen LogP contribution is -2.13. The molecule has 6 heteroatoms. The third-order valence-corrected chi connectivity index (χ3v) is 5.25. The highest BCUT2D eigenvalue weighted by Crippen LogP contribution is 2.45. The molecule has 4 rings (SSSR count). The highest BCUT2D eigenvalue weighted by atomic mass is 16.5. The second-order valence-corrected chi connectivity index (χ2v) is 7.03. The maximum Gasteiger partial charge on any atom is 0.161 e. The summed E-state index contributed by atoms with van der Waals surface area (Å²) in [5.74, 6) is 1.44.